The highest BCUT2D eigenvalue weighted by molar-refractivity contribution is 6.10. The lowest BCUT2D eigenvalue weighted by atomic mass is 9.62. The van der Waals surface area contributed by atoms with Crippen molar-refractivity contribution in [3.63, 3.8) is 0 Å². The van der Waals surface area contributed by atoms with Crippen LogP contribution in [0.2, 0.25) is 0 Å². The Balaban J connectivity index is 1.07. The third-order valence-corrected chi connectivity index (χ3v) is 18.4. The van der Waals surface area contributed by atoms with Crippen molar-refractivity contribution in [2.24, 2.45) is 0 Å². The molecule has 12 aromatic rings. The molecular formula is C80H76N4O. The number of pyridine rings is 1. The molecular weight excluding hydrogens is 1030 g/mol. The number of ether oxygens (including phenoxy) is 1. The zero-order valence-corrected chi connectivity index (χ0v) is 51.3. The summed E-state index contributed by atoms with van der Waals surface area (Å²) in [4.78, 5) is 4.95. The van der Waals surface area contributed by atoms with Crippen LogP contribution in [0.1, 0.15) is 138 Å². The minimum atomic E-state index is -0.440. The van der Waals surface area contributed by atoms with Gasteiger partial charge in [-0.15, -0.1) is 0 Å². The smallest absolute Gasteiger partial charge is 0.269 e. The van der Waals surface area contributed by atoms with Gasteiger partial charge in [0, 0.05) is 23.0 Å². The third kappa shape index (κ3) is 9.21. The number of nitrogens with zero attached hydrogens (tertiary/aromatic N) is 4. The maximum Gasteiger partial charge on any atom is 0.269 e. The Morgan fingerprint density at radius 2 is 1.07 bits per heavy atom. The van der Waals surface area contributed by atoms with E-state index in [1.807, 2.05) is 36.5 Å². The van der Waals surface area contributed by atoms with Crippen LogP contribution in [0, 0.1) is 6.33 Å². The second kappa shape index (κ2) is 19.4. The Morgan fingerprint density at radius 3 is 1.76 bits per heavy atom. The molecule has 3 aromatic heterocycles. The molecule has 0 atom stereocenters. The summed E-state index contributed by atoms with van der Waals surface area (Å²) < 4.78 is 59.7. The molecule has 0 unspecified atom stereocenters. The molecule has 2 aliphatic rings. The molecule has 0 amide bonds. The molecule has 0 N–H and O–H groups in total. The Bertz CT molecular complexity index is 4940. The first kappa shape index (κ1) is 48.6. The summed E-state index contributed by atoms with van der Waals surface area (Å²) in [5.41, 5.74) is 19.4. The quantitative estimate of drug-likeness (QED) is 0.123. The highest BCUT2D eigenvalue weighted by Gasteiger charge is 2.39. The summed E-state index contributed by atoms with van der Waals surface area (Å²) >= 11 is 0. The first-order chi connectivity index (χ1) is 42.6. The van der Waals surface area contributed by atoms with Gasteiger partial charge in [-0.25, -0.2) is 4.98 Å². The molecule has 9 aromatic carbocycles. The zero-order valence-electron chi connectivity index (χ0n) is 56.3. The van der Waals surface area contributed by atoms with Gasteiger partial charge in [-0.3, -0.25) is 13.7 Å². The van der Waals surface area contributed by atoms with E-state index in [2.05, 4.69) is 243 Å². The Morgan fingerprint density at radius 1 is 0.482 bits per heavy atom. The monoisotopic (exact) mass is 1110 g/mol. The Hall–Kier alpha value is -8.80. The molecule has 1 aliphatic heterocycles. The van der Waals surface area contributed by atoms with Crippen LogP contribution in [-0.4, -0.2) is 14.1 Å². The standard InChI is InChI=1S/C80H76N4O/c1-76(2,3)53-35-38-81-73(44-53)84-70-32-20-19-29-62(70)63-34-33-58(46-71(63)84)85-57-26-21-25-56(45-57)82-49-83-74-59(50-23-15-14-16-24-50)30-22-31-64(74)66-48-69-68(79(10,11)36-37-80(69,12)13)47-65(66)60-27-17-18-28-61(60)67-41-52(42-72(82)75(67)83)51-39-54(77(4,5)6)43-55(40-51)78(7,8)9/h14-35,38-48H,36-37H2,1-13H3/i14D,15D,16D,23D,24D. The van der Waals surface area contributed by atoms with Gasteiger partial charge in [0.1, 0.15) is 17.3 Å². The summed E-state index contributed by atoms with van der Waals surface area (Å²) in [5, 5.41) is 2.22. The zero-order chi connectivity index (χ0) is 63.5. The van der Waals surface area contributed by atoms with Crippen LogP contribution in [0.5, 0.6) is 11.5 Å². The van der Waals surface area contributed by atoms with Crippen molar-refractivity contribution in [2.75, 3.05) is 0 Å². The van der Waals surface area contributed by atoms with Crippen molar-refractivity contribution in [1.82, 2.24) is 14.1 Å². The van der Waals surface area contributed by atoms with Crippen molar-refractivity contribution in [1.29, 1.82) is 0 Å². The highest BCUT2D eigenvalue weighted by Crippen LogP contribution is 2.53. The number of aromatic nitrogens is 4. The molecule has 0 fully saturated rings. The van der Waals surface area contributed by atoms with Crippen LogP contribution < -0.4 is 9.30 Å². The number of para-hydroxylation sites is 2. The third-order valence-electron chi connectivity index (χ3n) is 18.4. The molecule has 0 saturated heterocycles. The van der Waals surface area contributed by atoms with Crippen molar-refractivity contribution >= 4 is 32.8 Å². The van der Waals surface area contributed by atoms with E-state index in [0.29, 0.717) is 22.7 Å². The van der Waals surface area contributed by atoms with Crippen molar-refractivity contribution < 1.29 is 16.2 Å². The Kier molecular flexibility index (Phi) is 11.1. The Labute approximate surface area is 509 Å². The molecule has 0 spiro atoms. The van der Waals surface area contributed by atoms with E-state index in [1.165, 1.54) is 27.8 Å². The SMILES string of the molecule is [2H]c1c([2H])c([2H])c(-c2cccc3c2-[n+]2[c-]n(-c4cccc(Oc5ccc6c7ccccc7n(-c7cc(C(C)(C)C)ccn7)c6c5)c4)c4cc(-c5cc(C(C)(C)C)cc(C(C)(C)C)c5)cc(c42)-c2ccccc2-c2cc4c(cc2-3)C(C)(C)CCC4(C)C)c([2H])c1[2H]. The molecule has 422 valence electrons. The maximum absolute atomic E-state index is 9.64. The first-order valence-corrected chi connectivity index (χ1v) is 30.1. The predicted molar refractivity (Wildman–Crippen MR) is 354 cm³/mol. The lowest BCUT2D eigenvalue weighted by Gasteiger charge is -2.42. The fourth-order valence-electron chi connectivity index (χ4n) is 13.3. The van der Waals surface area contributed by atoms with Crippen LogP contribution in [0.25, 0.3) is 106 Å². The van der Waals surface area contributed by atoms with Crippen LogP contribution in [0.3, 0.4) is 0 Å². The molecule has 5 heteroatoms. The average molecular weight is 1110 g/mol. The predicted octanol–water partition coefficient (Wildman–Crippen LogP) is 20.9. The van der Waals surface area contributed by atoms with Crippen LogP contribution >= 0.6 is 0 Å². The van der Waals surface area contributed by atoms with Gasteiger partial charge in [-0.05, 0) is 184 Å². The van der Waals surface area contributed by atoms with Crippen LogP contribution in [0.15, 0.2) is 200 Å². The summed E-state index contributed by atoms with van der Waals surface area (Å²) in [6.45, 7) is 29.8. The molecule has 0 bridgehead atoms. The topological polar surface area (TPSA) is 35.9 Å². The molecule has 1 aliphatic carbocycles. The average Bonchev–Trinajstić information content (AvgIpc) is 1.42. The van der Waals surface area contributed by atoms with Gasteiger partial charge in [-0.2, -0.15) is 0 Å². The van der Waals surface area contributed by atoms with E-state index in [-0.39, 0.29) is 44.7 Å². The summed E-state index contributed by atoms with van der Waals surface area (Å²) in [5.74, 6) is 2.11. The number of hydrogen-bond acceptors (Lipinski definition) is 2. The highest BCUT2D eigenvalue weighted by atomic mass is 16.5. The molecule has 0 radical (unpaired) electrons. The molecule has 14 rings (SSSR count). The summed E-state index contributed by atoms with van der Waals surface area (Å²) in [6.07, 6.45) is 7.93. The van der Waals surface area contributed by atoms with E-state index in [9.17, 15) is 2.74 Å². The van der Waals surface area contributed by atoms with Crippen LogP contribution in [-0.2, 0) is 27.1 Å². The number of hydrogen-bond donors (Lipinski definition) is 0. The minimum absolute atomic E-state index is 0.0796. The molecule has 0 saturated carbocycles. The van der Waals surface area contributed by atoms with E-state index in [4.69, 9.17) is 13.8 Å². The first-order valence-electron chi connectivity index (χ1n) is 32.6. The van der Waals surface area contributed by atoms with E-state index in [1.54, 1.807) is 0 Å². The fraction of sp³-hybridized carbons (Fsp3) is 0.250. The lowest BCUT2D eigenvalue weighted by molar-refractivity contribution is -0.570. The molecule has 5 nitrogen and oxygen atoms in total. The van der Waals surface area contributed by atoms with Gasteiger partial charge in [-0.1, -0.05) is 217 Å². The maximum atomic E-state index is 9.64. The number of fused-ring (bicyclic) bond motifs is 11. The second-order valence-electron chi connectivity index (χ2n) is 28.2. The lowest BCUT2D eigenvalue weighted by Crippen LogP contribution is -2.34. The van der Waals surface area contributed by atoms with Gasteiger partial charge in [0.15, 0.2) is 0 Å². The molecule has 85 heavy (non-hydrogen) atoms. The number of imidazole rings is 1. The second-order valence-corrected chi connectivity index (χ2v) is 28.2. The van der Waals surface area contributed by atoms with Crippen molar-refractivity contribution in [3.8, 4) is 84.3 Å². The van der Waals surface area contributed by atoms with Gasteiger partial charge in [0.2, 0.25) is 0 Å². The number of benzene rings is 9. The van der Waals surface area contributed by atoms with Crippen molar-refractivity contribution in [2.45, 2.75) is 130 Å². The fourth-order valence-corrected chi connectivity index (χ4v) is 13.3. The summed E-state index contributed by atoms with van der Waals surface area (Å²) in [6, 6.07) is 56.8. The molecule has 4 heterocycles. The van der Waals surface area contributed by atoms with E-state index >= 15 is 0 Å². The van der Waals surface area contributed by atoms with Gasteiger partial charge in [0.05, 0.1) is 40.3 Å². The van der Waals surface area contributed by atoms with Crippen molar-refractivity contribution in [3.05, 3.63) is 234 Å². The van der Waals surface area contributed by atoms with Gasteiger partial charge >= 0.3 is 0 Å². The summed E-state index contributed by atoms with van der Waals surface area (Å²) in [7, 11) is 0. The van der Waals surface area contributed by atoms with Crippen LogP contribution in [0.4, 0.5) is 0 Å². The normalized spacial score (nSPS) is 15.3. The van der Waals surface area contributed by atoms with Gasteiger partial charge < -0.3 is 4.74 Å². The minimum Gasteiger partial charge on any atom is -0.458 e. The number of rotatable bonds is 6. The van der Waals surface area contributed by atoms with E-state index in [0.717, 1.165) is 102 Å². The largest absolute Gasteiger partial charge is 0.458 e. The van der Waals surface area contributed by atoms with E-state index < -0.39 is 18.1 Å². The van der Waals surface area contributed by atoms with Gasteiger partial charge in [0.25, 0.3) is 6.33 Å².